The zero-order chi connectivity index (χ0) is 19.1. The number of hydrogen-bond donors (Lipinski definition) is 0. The molecule has 1 aliphatic heterocycles. The van der Waals surface area contributed by atoms with E-state index in [4.69, 9.17) is 5.10 Å². The summed E-state index contributed by atoms with van der Waals surface area (Å²) in [5, 5.41) is 7.89. The van der Waals surface area contributed by atoms with Crippen LogP contribution >= 0.6 is 22.7 Å². The Bertz CT molecular complexity index is 1110. The predicted octanol–water partition coefficient (Wildman–Crippen LogP) is 5.49. The fraction of sp³-hybridized carbons (Fsp3) is 0.273. The van der Waals surface area contributed by atoms with Crippen molar-refractivity contribution in [3.63, 3.8) is 0 Å². The van der Waals surface area contributed by atoms with Crippen molar-refractivity contribution in [2.24, 2.45) is 0 Å². The number of hydrogen-bond acceptors (Lipinski definition) is 4. The summed E-state index contributed by atoms with van der Waals surface area (Å²) >= 11 is 3.32. The van der Waals surface area contributed by atoms with Gasteiger partial charge in [0.05, 0.1) is 23.2 Å². The lowest BCUT2D eigenvalue weighted by molar-refractivity contribution is 0.0743. The molecule has 0 bridgehead atoms. The van der Waals surface area contributed by atoms with Crippen molar-refractivity contribution in [3.05, 3.63) is 74.9 Å². The summed E-state index contributed by atoms with van der Waals surface area (Å²) in [6, 6.07) is 16.8. The number of thiophene rings is 2. The van der Waals surface area contributed by atoms with E-state index in [9.17, 15) is 4.79 Å². The third-order valence-electron chi connectivity index (χ3n) is 5.38. The fourth-order valence-corrected chi connectivity index (χ4v) is 6.00. The Labute approximate surface area is 172 Å². The molecule has 4 heterocycles. The van der Waals surface area contributed by atoms with E-state index >= 15 is 0 Å². The summed E-state index contributed by atoms with van der Waals surface area (Å²) < 4.78 is 2.03. The molecule has 1 atom stereocenters. The molecular formula is C22H21N3OS2. The van der Waals surface area contributed by atoms with Crippen LogP contribution in [0, 0.1) is 6.92 Å². The van der Waals surface area contributed by atoms with Crippen molar-refractivity contribution in [1.29, 1.82) is 0 Å². The quantitative estimate of drug-likeness (QED) is 0.448. The molecule has 1 saturated heterocycles. The number of likely N-dealkylation sites (tertiary alicyclic amines) is 1. The molecule has 1 aliphatic rings. The standard InChI is InChI=1S/C22H21N3OS2/c1-15-17-13-20(21(26)24-11-5-9-18(24)19-10-6-12-27-19)28-22(17)25(23-15)14-16-7-3-2-4-8-16/h2-4,6-8,10,12-13,18H,5,9,11,14H2,1H3/t18-/m0/s1. The maximum atomic E-state index is 13.3. The summed E-state index contributed by atoms with van der Waals surface area (Å²) in [6.45, 7) is 3.58. The van der Waals surface area contributed by atoms with Gasteiger partial charge in [-0.05, 0) is 42.8 Å². The van der Waals surface area contributed by atoms with Gasteiger partial charge in [-0.2, -0.15) is 5.10 Å². The number of benzene rings is 1. The summed E-state index contributed by atoms with van der Waals surface area (Å²) in [5.74, 6) is 0.155. The zero-order valence-electron chi connectivity index (χ0n) is 15.7. The maximum absolute atomic E-state index is 13.3. The zero-order valence-corrected chi connectivity index (χ0v) is 17.3. The van der Waals surface area contributed by atoms with Gasteiger partial charge in [-0.1, -0.05) is 36.4 Å². The van der Waals surface area contributed by atoms with Gasteiger partial charge in [0.1, 0.15) is 4.83 Å². The van der Waals surface area contributed by atoms with Crippen LogP contribution in [0.1, 0.15) is 44.7 Å². The highest BCUT2D eigenvalue weighted by Crippen LogP contribution is 2.37. The van der Waals surface area contributed by atoms with Crippen LogP contribution in [0.3, 0.4) is 0 Å². The topological polar surface area (TPSA) is 38.1 Å². The number of fused-ring (bicyclic) bond motifs is 1. The molecule has 0 spiro atoms. The average molecular weight is 408 g/mol. The molecule has 0 radical (unpaired) electrons. The summed E-state index contributed by atoms with van der Waals surface area (Å²) in [7, 11) is 0. The van der Waals surface area contributed by atoms with Crippen molar-refractivity contribution in [2.45, 2.75) is 32.4 Å². The van der Waals surface area contributed by atoms with Crippen LogP contribution in [-0.4, -0.2) is 27.1 Å². The molecule has 142 valence electrons. The van der Waals surface area contributed by atoms with Crippen molar-refractivity contribution in [1.82, 2.24) is 14.7 Å². The van der Waals surface area contributed by atoms with Crippen LogP contribution in [0.4, 0.5) is 0 Å². The number of nitrogens with zero attached hydrogens (tertiary/aromatic N) is 3. The van der Waals surface area contributed by atoms with E-state index in [1.807, 2.05) is 35.9 Å². The lowest BCUT2D eigenvalue weighted by atomic mass is 10.2. The normalized spacial score (nSPS) is 16.9. The first-order valence-electron chi connectivity index (χ1n) is 9.56. The first-order chi connectivity index (χ1) is 13.7. The lowest BCUT2D eigenvalue weighted by Gasteiger charge is -2.23. The second-order valence-electron chi connectivity index (χ2n) is 7.23. The van der Waals surface area contributed by atoms with Crippen LogP contribution in [0.5, 0.6) is 0 Å². The van der Waals surface area contributed by atoms with Crippen molar-refractivity contribution < 1.29 is 4.79 Å². The Morgan fingerprint density at radius 3 is 2.86 bits per heavy atom. The summed E-state index contributed by atoms with van der Waals surface area (Å²) in [5.41, 5.74) is 2.20. The predicted molar refractivity (Wildman–Crippen MR) is 115 cm³/mol. The number of aryl methyl sites for hydroxylation is 1. The number of amides is 1. The van der Waals surface area contributed by atoms with Gasteiger partial charge in [0.25, 0.3) is 5.91 Å². The Morgan fingerprint density at radius 1 is 1.21 bits per heavy atom. The Morgan fingerprint density at radius 2 is 2.07 bits per heavy atom. The summed E-state index contributed by atoms with van der Waals surface area (Å²) in [6.07, 6.45) is 2.12. The van der Waals surface area contributed by atoms with Gasteiger partial charge in [-0.25, -0.2) is 0 Å². The summed E-state index contributed by atoms with van der Waals surface area (Å²) in [4.78, 5) is 18.6. The number of aromatic nitrogens is 2. The SMILES string of the molecule is Cc1nn(Cc2ccccc2)c2sc(C(=O)N3CCC[C@H]3c3cccs3)cc12. The maximum Gasteiger partial charge on any atom is 0.264 e. The van der Waals surface area contributed by atoms with E-state index in [0.717, 1.165) is 46.7 Å². The van der Waals surface area contributed by atoms with E-state index in [2.05, 4.69) is 34.5 Å². The Kier molecular flexibility index (Phi) is 4.53. The molecular weight excluding hydrogens is 386 g/mol. The molecule has 0 unspecified atom stereocenters. The van der Waals surface area contributed by atoms with E-state index < -0.39 is 0 Å². The van der Waals surface area contributed by atoms with Gasteiger partial charge in [0.2, 0.25) is 0 Å². The fourth-order valence-electron chi connectivity index (χ4n) is 4.01. The molecule has 3 aromatic heterocycles. The monoisotopic (exact) mass is 407 g/mol. The molecule has 0 aliphatic carbocycles. The molecule has 5 rings (SSSR count). The third kappa shape index (κ3) is 3.06. The number of carbonyl (C=O) groups excluding carboxylic acids is 1. The highest BCUT2D eigenvalue weighted by molar-refractivity contribution is 7.20. The van der Waals surface area contributed by atoms with Crippen LogP contribution in [0.15, 0.2) is 53.9 Å². The van der Waals surface area contributed by atoms with Gasteiger partial charge >= 0.3 is 0 Å². The third-order valence-corrected chi connectivity index (χ3v) is 7.49. The lowest BCUT2D eigenvalue weighted by Crippen LogP contribution is -2.29. The van der Waals surface area contributed by atoms with E-state index in [1.165, 1.54) is 10.4 Å². The molecule has 0 N–H and O–H groups in total. The smallest absolute Gasteiger partial charge is 0.264 e. The van der Waals surface area contributed by atoms with Crippen molar-refractivity contribution in [3.8, 4) is 0 Å². The Balaban J connectivity index is 1.46. The Hall–Kier alpha value is -2.44. The molecule has 1 amide bonds. The van der Waals surface area contributed by atoms with Crippen LogP contribution in [0.25, 0.3) is 10.2 Å². The van der Waals surface area contributed by atoms with Crippen molar-refractivity contribution >= 4 is 38.8 Å². The van der Waals surface area contributed by atoms with Crippen LogP contribution < -0.4 is 0 Å². The second-order valence-corrected chi connectivity index (χ2v) is 9.24. The van der Waals surface area contributed by atoms with Crippen LogP contribution in [-0.2, 0) is 6.54 Å². The highest BCUT2D eigenvalue weighted by Gasteiger charge is 2.32. The molecule has 1 aromatic carbocycles. The van der Waals surface area contributed by atoms with Crippen molar-refractivity contribution in [2.75, 3.05) is 6.54 Å². The first kappa shape index (κ1) is 17.6. The van der Waals surface area contributed by atoms with E-state index in [0.29, 0.717) is 0 Å². The largest absolute Gasteiger partial charge is 0.330 e. The average Bonchev–Trinajstić information content (AvgIpc) is 3.49. The van der Waals surface area contributed by atoms with Gasteiger partial charge in [0, 0.05) is 16.8 Å². The molecule has 6 heteroatoms. The molecule has 4 aromatic rings. The van der Waals surface area contributed by atoms with Gasteiger partial charge < -0.3 is 4.90 Å². The number of rotatable bonds is 4. The highest BCUT2D eigenvalue weighted by atomic mass is 32.1. The molecule has 1 fully saturated rings. The molecule has 0 saturated carbocycles. The minimum absolute atomic E-state index is 0.155. The second kappa shape index (κ2) is 7.18. The minimum Gasteiger partial charge on any atom is -0.330 e. The number of carbonyl (C=O) groups is 1. The van der Waals surface area contributed by atoms with E-state index in [1.54, 1.807) is 22.7 Å². The van der Waals surface area contributed by atoms with E-state index in [-0.39, 0.29) is 11.9 Å². The molecule has 4 nitrogen and oxygen atoms in total. The van der Waals surface area contributed by atoms with Crippen LogP contribution in [0.2, 0.25) is 0 Å². The minimum atomic E-state index is 0.155. The van der Waals surface area contributed by atoms with Gasteiger partial charge in [-0.15, -0.1) is 22.7 Å². The van der Waals surface area contributed by atoms with Gasteiger partial charge in [0.15, 0.2) is 0 Å². The van der Waals surface area contributed by atoms with Gasteiger partial charge in [-0.3, -0.25) is 9.48 Å². The molecule has 28 heavy (non-hydrogen) atoms. The first-order valence-corrected chi connectivity index (χ1v) is 11.3.